The van der Waals surface area contributed by atoms with Gasteiger partial charge in [-0.15, -0.1) is 28.0 Å². The van der Waals surface area contributed by atoms with E-state index in [1.54, 1.807) is 121 Å². The molecule has 4 aromatic carbocycles. The topological polar surface area (TPSA) is 285 Å². The second-order valence-corrected chi connectivity index (χ2v) is 46.3. The standard InChI is InChI=1S/C17H13Cl2NO.C16H12Cl2N2O.C15H11Cl2N3O.C14H10Cl2N4O.4C7H16O.3C6H14O3S/c18-13-5-8-16(19)15(11-13)17(21)12-3-6-14(7-4-12)20-9-1-2-10-20;17-12-3-6-15(18)14(9-12)16(21)11-1-4-13(5-2-11)20-8-7-19-10-20;16-11-3-6-14(17)13(7-11)15(21)10-1-4-12(5-2-10)20-9-18-8-19-20;15-10-3-6-13(16)12(7-10)14(21)9-1-4-11(5-2-9)20-18-8-17-19-20;4*1-5-8-6-7(2,3)4;3*1-6(2,3)5-8-10-9-7-4/h1-10,15H,11H2;1-8,10,14H,9H2;1-6,8-9,13H,7H2;1-6,8,12H,7H2;4*5-6H2,1-4H3;3*5H2,1-4H3. The van der Waals surface area contributed by atoms with Crippen molar-refractivity contribution < 1.29 is 78.3 Å². The molecule has 0 fully saturated rings. The fourth-order valence-electron chi connectivity index (χ4n) is 11.3. The third kappa shape index (κ3) is 62.1. The Morgan fingerprint density at radius 1 is 0.329 bits per heavy atom. The maximum Gasteiger partial charge on any atom is 0.194 e. The van der Waals surface area contributed by atoms with E-state index < -0.39 is 11.8 Å². The smallest absolute Gasteiger partial charge is 0.194 e. The number of imidazole rings is 1. The van der Waals surface area contributed by atoms with Gasteiger partial charge in [0.05, 0.1) is 109 Å². The first-order valence-corrected chi connectivity index (χ1v) is 52.5. The SMILES string of the molecule is CCOCC(C)(C)C.CCOCC(C)(C)C.CCOCC(C)(C)C.CCOCC(C)(C)C.COOSOCC(C)(C)C.COOSOCC(C)(C)C.COOSOCC(C)(C)C.O=C(c1ccc(-n2cccc2)cc1)C1CC(Cl)=CC=C1Cl.O=C(c1ccc(-n2ccnc2)cc1)C1CC(Cl)=CC=C1Cl.O=C(c1ccc(-n2cncn2)cc1)C1CC(Cl)=CC=C1Cl.O=C(c1ccc(-n2ncnn2)cc1)C1CC(Cl)=CC=C1Cl. The molecule has 0 N–H and O–H groups in total. The van der Waals surface area contributed by atoms with Gasteiger partial charge >= 0.3 is 0 Å². The summed E-state index contributed by atoms with van der Waals surface area (Å²) in [6, 6.07) is 32.9. The summed E-state index contributed by atoms with van der Waals surface area (Å²) < 4.78 is 54.6. The van der Waals surface area contributed by atoms with E-state index in [0.717, 1.165) is 113 Å². The van der Waals surface area contributed by atoms with E-state index in [2.05, 4.69) is 204 Å². The fourth-order valence-corrected chi connectivity index (χ4v) is 14.6. The second-order valence-electron chi connectivity index (χ2n) is 41.1. The highest BCUT2D eigenvalue weighted by atomic mass is 35.5. The third-order valence-electron chi connectivity index (χ3n) is 18.3. The number of hydrogen-bond donors (Lipinski definition) is 0. The zero-order valence-electron chi connectivity index (χ0n) is 89.7. The van der Waals surface area contributed by atoms with Gasteiger partial charge in [0.1, 0.15) is 12.7 Å². The Kier molecular flexibility index (Phi) is 66.4. The normalized spacial score (nSPS) is 15.5. The van der Waals surface area contributed by atoms with E-state index in [9.17, 15) is 19.2 Å². The number of nitrogens with zero attached hydrogens (tertiary/aromatic N) is 10. The summed E-state index contributed by atoms with van der Waals surface area (Å²) in [5.41, 5.74) is 7.81. The largest absolute Gasteiger partial charge is 0.381 e. The molecule has 146 heavy (non-hydrogen) atoms. The van der Waals surface area contributed by atoms with E-state index >= 15 is 0 Å². The van der Waals surface area contributed by atoms with Crippen LogP contribution in [0.2, 0.25) is 0 Å². The monoisotopic (exact) mass is 2240 g/mol. The molecule has 0 aliphatic heterocycles. The molecule has 8 aromatic rings. The molecule has 12 rings (SSSR count). The quantitative estimate of drug-likeness (QED) is 0.0124. The van der Waals surface area contributed by atoms with Gasteiger partial charge in [-0.25, -0.2) is 29.3 Å². The number of carbonyl (C=O) groups excluding carboxylic acids is 4. The highest BCUT2D eigenvalue weighted by Crippen LogP contribution is 2.38. The highest BCUT2D eigenvalue weighted by Gasteiger charge is 2.31. The zero-order chi connectivity index (χ0) is 110. The third-order valence-corrected chi connectivity index (χ3v) is 22.2. The Bertz CT molecular complexity index is 4600. The molecule has 0 bridgehead atoms. The summed E-state index contributed by atoms with van der Waals surface area (Å²) in [5.74, 6) is -1.68. The number of carbonyl (C=O) groups is 4. The summed E-state index contributed by atoms with van der Waals surface area (Å²) in [4.78, 5) is 72.2. The van der Waals surface area contributed by atoms with Crippen molar-refractivity contribution in [3.63, 3.8) is 0 Å². The summed E-state index contributed by atoms with van der Waals surface area (Å²) in [7, 11) is 4.31. The van der Waals surface area contributed by atoms with Crippen LogP contribution in [0, 0.1) is 61.6 Å². The van der Waals surface area contributed by atoms with E-state index in [1.807, 2.05) is 116 Å². The van der Waals surface area contributed by atoms with Gasteiger partial charge in [0.2, 0.25) is 0 Å². The molecule has 0 radical (unpaired) electrons. The molecule has 0 saturated carbocycles. The van der Waals surface area contributed by atoms with Gasteiger partial charge in [0.15, 0.2) is 66.4 Å². The number of halogens is 8. The Morgan fingerprint density at radius 3 is 0.829 bits per heavy atom. The lowest BCUT2D eigenvalue weighted by Gasteiger charge is -2.18. The number of benzene rings is 4. The number of tetrazole rings is 1. The van der Waals surface area contributed by atoms with E-state index in [1.165, 1.54) is 38.8 Å². The zero-order valence-corrected chi connectivity index (χ0v) is 98.2. The Labute approximate surface area is 920 Å². The van der Waals surface area contributed by atoms with Gasteiger partial charge < -0.3 is 28.1 Å². The Balaban J connectivity index is 0.000000557. The van der Waals surface area contributed by atoms with Crippen molar-refractivity contribution in [1.82, 2.24) is 49.1 Å². The molecule has 27 nitrogen and oxygen atoms in total. The first kappa shape index (κ1) is 135. The molecule has 38 heteroatoms. The van der Waals surface area contributed by atoms with Gasteiger partial charge in [-0.05, 0) is 254 Å². The fraction of sp³-hybridized carbons (Fsp3) is 0.500. The number of hydrogen-bond acceptors (Lipinski definition) is 26. The van der Waals surface area contributed by atoms with Crippen LogP contribution in [0.15, 0.2) is 248 Å². The average molecular weight is 2240 g/mol. The second kappa shape index (κ2) is 71.8. The predicted molar refractivity (Wildman–Crippen MR) is 598 cm³/mol. The van der Waals surface area contributed by atoms with Gasteiger partial charge in [0, 0.05) is 125 Å². The lowest BCUT2D eigenvalue weighted by atomic mass is 9.91. The molecule has 4 unspecified atom stereocenters. The number of aromatic nitrogens is 10. The summed E-state index contributed by atoms with van der Waals surface area (Å²) in [5, 5.41) is 20.0. The van der Waals surface area contributed by atoms with Crippen LogP contribution in [0.5, 0.6) is 0 Å². The van der Waals surface area contributed by atoms with Crippen LogP contribution >= 0.6 is 130 Å². The summed E-state index contributed by atoms with van der Waals surface area (Å²) >= 11 is 51.0. The minimum atomic E-state index is -0.417. The van der Waals surface area contributed by atoms with E-state index in [0.29, 0.717) is 130 Å². The van der Waals surface area contributed by atoms with Crippen LogP contribution in [0.3, 0.4) is 0 Å². The Hall–Kier alpha value is -6.97. The average Bonchev–Trinajstić information content (AvgIpc) is 1.16. The number of rotatable bonds is 32. The van der Waals surface area contributed by atoms with Gasteiger partial charge in [0.25, 0.3) is 0 Å². The van der Waals surface area contributed by atoms with Gasteiger partial charge in [-0.3, -0.25) is 31.7 Å². The van der Waals surface area contributed by atoms with E-state index in [-0.39, 0.29) is 51.2 Å². The van der Waals surface area contributed by atoms with Crippen molar-refractivity contribution in [2.24, 2.45) is 61.6 Å². The van der Waals surface area contributed by atoms with Crippen LogP contribution in [-0.2, 0) is 59.2 Å². The number of allylic oxidation sites excluding steroid dienone is 16. The molecular weight excluding hydrogens is 2090 g/mol. The molecule has 0 saturated heterocycles. The molecule has 810 valence electrons. The first-order chi connectivity index (χ1) is 68.5. The van der Waals surface area contributed by atoms with Crippen molar-refractivity contribution in [3.8, 4) is 22.7 Å². The molecule has 4 aliphatic carbocycles. The van der Waals surface area contributed by atoms with Crippen LogP contribution < -0.4 is 0 Å². The molecule has 4 aliphatic rings. The van der Waals surface area contributed by atoms with Crippen LogP contribution in [0.25, 0.3) is 22.7 Å². The van der Waals surface area contributed by atoms with Crippen molar-refractivity contribution in [3.05, 3.63) is 270 Å². The van der Waals surface area contributed by atoms with Crippen molar-refractivity contribution in [2.75, 3.05) is 94.0 Å². The van der Waals surface area contributed by atoms with Gasteiger partial charge in [-0.2, -0.15) is 5.10 Å². The van der Waals surface area contributed by atoms with Gasteiger partial charge in [-0.1, -0.05) is 238 Å². The maximum atomic E-state index is 12.5. The van der Waals surface area contributed by atoms with Crippen molar-refractivity contribution in [2.45, 2.75) is 199 Å². The summed E-state index contributed by atoms with van der Waals surface area (Å²) in [6.45, 7) is 61.6. The number of ether oxygens (including phenoxy) is 4. The van der Waals surface area contributed by atoms with E-state index in [4.69, 9.17) is 124 Å². The molecule has 4 heterocycles. The minimum Gasteiger partial charge on any atom is -0.381 e. The molecule has 4 aromatic heterocycles. The van der Waals surface area contributed by atoms with Crippen LogP contribution in [0.1, 0.15) is 240 Å². The highest BCUT2D eigenvalue weighted by molar-refractivity contribution is 7.90. The molecule has 4 atom stereocenters. The van der Waals surface area contributed by atoms with Crippen molar-refractivity contribution in [1.29, 1.82) is 0 Å². The first-order valence-electron chi connectivity index (χ1n) is 47.4. The lowest BCUT2D eigenvalue weighted by molar-refractivity contribution is -0.167. The summed E-state index contributed by atoms with van der Waals surface area (Å²) in [6.07, 6.45) is 29.0. The maximum absolute atomic E-state index is 12.5. The number of ketones is 4. The molecular formula is C108H152Cl8N10O17S3. The minimum absolute atomic E-state index is 0.00144. The van der Waals surface area contributed by atoms with Crippen LogP contribution in [0.4, 0.5) is 0 Å². The molecule has 0 spiro atoms. The Morgan fingerprint density at radius 2 is 0.603 bits per heavy atom. The molecule has 0 amide bonds. The predicted octanol–water partition coefficient (Wildman–Crippen LogP) is 30.9. The lowest BCUT2D eigenvalue weighted by Crippen LogP contribution is -2.17. The van der Waals surface area contributed by atoms with Crippen molar-refractivity contribution >= 4 is 153 Å². The van der Waals surface area contributed by atoms with Crippen LogP contribution in [-0.4, -0.2) is 166 Å². The number of Topliss-reactive ketones (excluding diaryl/α,β-unsaturated/α-hetero) is 4.